The van der Waals surface area contributed by atoms with Crippen LogP contribution in [0, 0.1) is 12.8 Å². The van der Waals surface area contributed by atoms with Crippen LogP contribution < -0.4 is 5.32 Å². The molecule has 1 aliphatic rings. The van der Waals surface area contributed by atoms with Crippen molar-refractivity contribution in [1.29, 1.82) is 0 Å². The maximum Gasteiger partial charge on any atom is 0.225 e. The zero-order valence-corrected chi connectivity index (χ0v) is 12.7. The fourth-order valence-corrected chi connectivity index (χ4v) is 3.08. The van der Waals surface area contributed by atoms with Gasteiger partial charge in [-0.3, -0.25) is 4.79 Å². The first-order valence-electron chi connectivity index (χ1n) is 6.98. The van der Waals surface area contributed by atoms with Crippen LogP contribution in [0.5, 0.6) is 0 Å². The lowest BCUT2D eigenvalue weighted by Gasteiger charge is -2.14. The van der Waals surface area contributed by atoms with E-state index in [0.717, 1.165) is 22.8 Å². The molecule has 0 spiro atoms. The average molecular weight is 306 g/mol. The van der Waals surface area contributed by atoms with Crippen LogP contribution in [-0.4, -0.2) is 34.1 Å². The standard InChI is InChI=1S/C14H18N4O2S/c1-10-13-9-20-8-11(7-18(13)17-16-10)6-15-14(19)5-12-3-2-4-21-12/h2-4,11H,5-9H2,1H3,(H,15,19)/t11-/m1/s1. The topological polar surface area (TPSA) is 69.0 Å². The van der Waals surface area contributed by atoms with Crippen LogP contribution in [0.4, 0.5) is 0 Å². The number of aryl methyl sites for hydroxylation is 1. The Bertz CT molecular complexity index is 609. The summed E-state index contributed by atoms with van der Waals surface area (Å²) in [7, 11) is 0. The number of amides is 1. The van der Waals surface area contributed by atoms with E-state index in [-0.39, 0.29) is 11.8 Å². The summed E-state index contributed by atoms with van der Waals surface area (Å²) in [5, 5.41) is 13.2. The smallest absolute Gasteiger partial charge is 0.225 e. The second-order valence-corrected chi connectivity index (χ2v) is 6.28. The minimum Gasteiger partial charge on any atom is -0.375 e. The Morgan fingerprint density at radius 3 is 3.33 bits per heavy atom. The van der Waals surface area contributed by atoms with Gasteiger partial charge in [0.25, 0.3) is 0 Å². The Hall–Kier alpha value is -1.73. The largest absolute Gasteiger partial charge is 0.375 e. The monoisotopic (exact) mass is 306 g/mol. The Morgan fingerprint density at radius 2 is 2.52 bits per heavy atom. The van der Waals surface area contributed by atoms with Crippen molar-refractivity contribution in [3.8, 4) is 0 Å². The van der Waals surface area contributed by atoms with Crippen molar-refractivity contribution in [2.24, 2.45) is 5.92 Å². The third-order valence-corrected chi connectivity index (χ3v) is 4.43. The maximum atomic E-state index is 11.9. The van der Waals surface area contributed by atoms with E-state index in [4.69, 9.17) is 4.74 Å². The number of carbonyl (C=O) groups excluding carboxylic acids is 1. The molecule has 7 heteroatoms. The third kappa shape index (κ3) is 3.48. The van der Waals surface area contributed by atoms with Gasteiger partial charge in [-0.15, -0.1) is 16.4 Å². The molecule has 2 aromatic heterocycles. The van der Waals surface area contributed by atoms with Gasteiger partial charge in [-0.1, -0.05) is 11.3 Å². The molecule has 0 unspecified atom stereocenters. The molecule has 0 radical (unpaired) electrons. The summed E-state index contributed by atoms with van der Waals surface area (Å²) in [6.45, 7) is 4.43. The number of nitrogens with one attached hydrogen (secondary N) is 1. The van der Waals surface area contributed by atoms with Crippen molar-refractivity contribution >= 4 is 17.2 Å². The quantitative estimate of drug-likeness (QED) is 0.920. The van der Waals surface area contributed by atoms with Gasteiger partial charge in [0, 0.05) is 23.9 Å². The summed E-state index contributed by atoms with van der Waals surface area (Å²) in [5.74, 6) is 0.274. The van der Waals surface area contributed by atoms with E-state index < -0.39 is 0 Å². The summed E-state index contributed by atoms with van der Waals surface area (Å²) < 4.78 is 7.55. The third-order valence-electron chi connectivity index (χ3n) is 3.56. The molecule has 0 aromatic carbocycles. The van der Waals surface area contributed by atoms with Crippen LogP contribution in [0.15, 0.2) is 17.5 Å². The van der Waals surface area contributed by atoms with Crippen LogP contribution in [-0.2, 0) is 29.1 Å². The molecule has 0 fully saturated rings. The van der Waals surface area contributed by atoms with Gasteiger partial charge in [-0.05, 0) is 18.4 Å². The van der Waals surface area contributed by atoms with Crippen LogP contribution in [0.3, 0.4) is 0 Å². The first-order chi connectivity index (χ1) is 10.2. The second kappa shape index (κ2) is 6.36. The van der Waals surface area contributed by atoms with Crippen molar-refractivity contribution in [3.05, 3.63) is 33.8 Å². The summed E-state index contributed by atoms with van der Waals surface area (Å²) in [6, 6.07) is 3.93. The Labute approximate surface area is 127 Å². The van der Waals surface area contributed by atoms with Gasteiger partial charge in [0.15, 0.2) is 0 Å². The van der Waals surface area contributed by atoms with E-state index in [0.29, 0.717) is 26.2 Å². The van der Waals surface area contributed by atoms with Crippen molar-refractivity contribution in [3.63, 3.8) is 0 Å². The van der Waals surface area contributed by atoms with Crippen LogP contribution in [0.2, 0.25) is 0 Å². The van der Waals surface area contributed by atoms with Crippen molar-refractivity contribution < 1.29 is 9.53 Å². The van der Waals surface area contributed by atoms with Crippen LogP contribution in [0.25, 0.3) is 0 Å². The molecule has 0 bridgehead atoms. The van der Waals surface area contributed by atoms with E-state index in [1.54, 1.807) is 11.3 Å². The second-order valence-electron chi connectivity index (χ2n) is 5.25. The van der Waals surface area contributed by atoms with Crippen molar-refractivity contribution in [1.82, 2.24) is 20.3 Å². The van der Waals surface area contributed by atoms with Gasteiger partial charge >= 0.3 is 0 Å². The maximum absolute atomic E-state index is 11.9. The lowest BCUT2D eigenvalue weighted by Crippen LogP contribution is -2.33. The van der Waals surface area contributed by atoms with Crippen molar-refractivity contribution in [2.75, 3.05) is 13.2 Å². The summed E-state index contributed by atoms with van der Waals surface area (Å²) in [6.07, 6.45) is 0.443. The molecule has 1 amide bonds. The Balaban J connectivity index is 1.52. The van der Waals surface area contributed by atoms with E-state index in [9.17, 15) is 4.79 Å². The molecule has 21 heavy (non-hydrogen) atoms. The Morgan fingerprint density at radius 1 is 1.62 bits per heavy atom. The van der Waals surface area contributed by atoms with Crippen LogP contribution >= 0.6 is 11.3 Å². The lowest BCUT2D eigenvalue weighted by atomic mass is 10.1. The van der Waals surface area contributed by atoms with E-state index in [2.05, 4.69) is 15.6 Å². The summed E-state index contributed by atoms with van der Waals surface area (Å²) in [5.41, 5.74) is 1.94. The zero-order valence-electron chi connectivity index (χ0n) is 11.9. The molecule has 0 saturated heterocycles. The fraction of sp³-hybridized carbons (Fsp3) is 0.500. The predicted molar refractivity (Wildman–Crippen MR) is 78.9 cm³/mol. The number of nitrogens with zero attached hydrogens (tertiary/aromatic N) is 3. The number of carbonyl (C=O) groups is 1. The number of thiophene rings is 1. The molecular weight excluding hydrogens is 288 g/mol. The highest BCUT2D eigenvalue weighted by molar-refractivity contribution is 7.10. The van der Waals surface area contributed by atoms with Gasteiger partial charge in [-0.25, -0.2) is 4.68 Å². The molecule has 6 nitrogen and oxygen atoms in total. The van der Waals surface area contributed by atoms with Crippen LogP contribution in [0.1, 0.15) is 16.3 Å². The fourth-order valence-electron chi connectivity index (χ4n) is 2.38. The molecule has 3 rings (SSSR count). The van der Waals surface area contributed by atoms with Gasteiger partial charge in [0.2, 0.25) is 5.91 Å². The molecular formula is C14H18N4O2S. The van der Waals surface area contributed by atoms with E-state index in [1.165, 1.54) is 0 Å². The first-order valence-corrected chi connectivity index (χ1v) is 7.86. The van der Waals surface area contributed by atoms with E-state index in [1.807, 2.05) is 29.1 Å². The highest BCUT2D eigenvalue weighted by Crippen LogP contribution is 2.14. The number of rotatable bonds is 4. The zero-order chi connectivity index (χ0) is 14.7. The molecule has 3 heterocycles. The number of hydrogen-bond donors (Lipinski definition) is 1. The number of fused-ring (bicyclic) bond motifs is 1. The number of ether oxygens (including phenoxy) is 1. The van der Waals surface area contributed by atoms with Crippen molar-refractivity contribution in [2.45, 2.75) is 26.5 Å². The molecule has 1 aliphatic heterocycles. The van der Waals surface area contributed by atoms with Gasteiger partial charge in [0.05, 0.1) is 31.0 Å². The predicted octanol–water partition coefficient (Wildman–Crippen LogP) is 1.15. The number of aromatic nitrogens is 3. The molecule has 112 valence electrons. The summed E-state index contributed by atoms with van der Waals surface area (Å²) in [4.78, 5) is 13.0. The average Bonchev–Trinajstić information content (AvgIpc) is 3.03. The normalized spacial score (nSPS) is 18.0. The van der Waals surface area contributed by atoms with Gasteiger partial charge in [0.1, 0.15) is 0 Å². The molecule has 0 saturated carbocycles. The molecule has 1 N–H and O–H groups in total. The molecule has 1 atom stereocenters. The first kappa shape index (κ1) is 14.2. The summed E-state index contributed by atoms with van der Waals surface area (Å²) >= 11 is 1.60. The molecule has 0 aliphatic carbocycles. The highest BCUT2D eigenvalue weighted by atomic mass is 32.1. The molecule has 2 aromatic rings. The van der Waals surface area contributed by atoms with Gasteiger partial charge < -0.3 is 10.1 Å². The Kier molecular flexibility index (Phi) is 4.31. The van der Waals surface area contributed by atoms with Gasteiger partial charge in [-0.2, -0.15) is 0 Å². The van der Waals surface area contributed by atoms with E-state index >= 15 is 0 Å². The number of hydrogen-bond acceptors (Lipinski definition) is 5. The SMILES string of the molecule is Cc1nnn2c1COC[C@H](CNC(=O)Cc1cccs1)C2. The minimum atomic E-state index is 0.0525. The highest BCUT2D eigenvalue weighted by Gasteiger charge is 2.20. The lowest BCUT2D eigenvalue weighted by molar-refractivity contribution is -0.120. The minimum absolute atomic E-state index is 0.0525.